The summed E-state index contributed by atoms with van der Waals surface area (Å²) in [4.78, 5) is 0. The summed E-state index contributed by atoms with van der Waals surface area (Å²) in [5.41, 5.74) is 5.51. The minimum absolute atomic E-state index is 0.277. The zero-order valence-corrected chi connectivity index (χ0v) is 12.5. The Morgan fingerprint density at radius 2 is 1.85 bits per heavy atom. The number of hydrogen-bond donors (Lipinski definition) is 2. The van der Waals surface area contributed by atoms with Gasteiger partial charge in [0.1, 0.15) is 5.82 Å². The quantitative estimate of drug-likeness (QED) is 0.885. The first-order valence-electron chi connectivity index (χ1n) is 7.63. The minimum Gasteiger partial charge on any atom is -0.385 e. The zero-order valence-electron chi connectivity index (χ0n) is 12.5. The van der Waals surface area contributed by atoms with E-state index in [-0.39, 0.29) is 11.2 Å². The number of halogens is 1. The van der Waals surface area contributed by atoms with Crippen molar-refractivity contribution in [1.29, 1.82) is 0 Å². The van der Waals surface area contributed by atoms with Crippen LogP contribution in [0.25, 0.3) is 0 Å². The molecule has 2 nitrogen and oxygen atoms in total. The molecule has 0 amide bonds. The molecule has 1 aliphatic rings. The molecule has 2 rings (SSSR count). The molecular formula is C17H26FNO. The first kappa shape index (κ1) is 15.5. The third kappa shape index (κ3) is 2.61. The van der Waals surface area contributed by atoms with Gasteiger partial charge in [0, 0.05) is 12.0 Å². The molecule has 1 aliphatic carbocycles. The molecule has 112 valence electrons. The lowest BCUT2D eigenvalue weighted by molar-refractivity contribution is -0.0981. The van der Waals surface area contributed by atoms with Crippen molar-refractivity contribution in [3.05, 3.63) is 35.6 Å². The fourth-order valence-corrected chi connectivity index (χ4v) is 3.61. The van der Waals surface area contributed by atoms with Gasteiger partial charge >= 0.3 is 0 Å². The molecule has 0 saturated heterocycles. The van der Waals surface area contributed by atoms with Gasteiger partial charge in [0.25, 0.3) is 0 Å². The van der Waals surface area contributed by atoms with Crippen LogP contribution in [0.15, 0.2) is 24.3 Å². The number of rotatable bonds is 4. The molecule has 1 fully saturated rings. The fourth-order valence-electron chi connectivity index (χ4n) is 3.61. The third-order valence-corrected chi connectivity index (χ3v) is 5.47. The predicted octanol–water partition coefficient (Wildman–Crippen LogP) is 3.58. The summed E-state index contributed by atoms with van der Waals surface area (Å²) in [6.45, 7) is 4.52. The molecule has 0 aromatic heterocycles. The molecule has 0 bridgehead atoms. The Hall–Kier alpha value is -0.930. The van der Waals surface area contributed by atoms with Crippen LogP contribution in [0.4, 0.5) is 4.39 Å². The second-order valence-electron chi connectivity index (χ2n) is 6.42. The van der Waals surface area contributed by atoms with Crippen molar-refractivity contribution in [2.24, 2.45) is 17.1 Å². The van der Waals surface area contributed by atoms with Crippen LogP contribution in [-0.2, 0) is 5.60 Å². The normalized spacial score (nSPS) is 29.9. The van der Waals surface area contributed by atoms with Crippen molar-refractivity contribution in [3.63, 3.8) is 0 Å². The van der Waals surface area contributed by atoms with E-state index in [1.54, 1.807) is 12.1 Å². The van der Waals surface area contributed by atoms with E-state index in [0.717, 1.165) is 37.2 Å². The van der Waals surface area contributed by atoms with E-state index in [2.05, 4.69) is 6.92 Å². The summed E-state index contributed by atoms with van der Waals surface area (Å²) in [5.74, 6) is 0.472. The predicted molar refractivity (Wildman–Crippen MR) is 79.7 cm³/mol. The van der Waals surface area contributed by atoms with Gasteiger partial charge in [-0.1, -0.05) is 25.5 Å². The van der Waals surface area contributed by atoms with Gasteiger partial charge in [-0.05, 0) is 56.2 Å². The van der Waals surface area contributed by atoms with Crippen molar-refractivity contribution in [1.82, 2.24) is 0 Å². The minimum atomic E-state index is -1.01. The number of nitrogens with two attached hydrogens (primary N) is 1. The van der Waals surface area contributed by atoms with E-state index in [9.17, 15) is 9.50 Å². The van der Waals surface area contributed by atoms with Crippen LogP contribution < -0.4 is 5.73 Å². The maximum Gasteiger partial charge on any atom is 0.123 e. The van der Waals surface area contributed by atoms with Gasteiger partial charge in [0.05, 0.1) is 5.60 Å². The highest BCUT2D eigenvalue weighted by Gasteiger charge is 2.48. The average Bonchev–Trinajstić information content (AvgIpc) is 2.47. The van der Waals surface area contributed by atoms with E-state index in [4.69, 9.17) is 5.73 Å². The molecule has 3 N–H and O–H groups in total. The van der Waals surface area contributed by atoms with Gasteiger partial charge in [-0.2, -0.15) is 0 Å². The SMILES string of the molecule is CCC1CCC(CN)(C(C)(O)c2ccc(F)cc2)CC1. The van der Waals surface area contributed by atoms with Gasteiger partial charge in [0.2, 0.25) is 0 Å². The average molecular weight is 279 g/mol. The first-order valence-corrected chi connectivity index (χ1v) is 7.63. The highest BCUT2D eigenvalue weighted by Crippen LogP contribution is 2.50. The smallest absolute Gasteiger partial charge is 0.123 e. The monoisotopic (exact) mass is 279 g/mol. The van der Waals surface area contributed by atoms with E-state index < -0.39 is 5.60 Å². The molecule has 1 atom stereocenters. The van der Waals surface area contributed by atoms with Crippen LogP contribution in [0.1, 0.15) is 51.5 Å². The van der Waals surface area contributed by atoms with E-state index in [1.807, 2.05) is 6.92 Å². The Bertz CT molecular complexity index is 433. The van der Waals surface area contributed by atoms with Gasteiger partial charge in [0.15, 0.2) is 0 Å². The topological polar surface area (TPSA) is 46.2 Å². The summed E-state index contributed by atoms with van der Waals surface area (Å²) >= 11 is 0. The lowest BCUT2D eigenvalue weighted by atomic mass is 9.59. The summed E-state index contributed by atoms with van der Waals surface area (Å²) in [5, 5.41) is 11.1. The van der Waals surface area contributed by atoms with Crippen LogP contribution in [0.2, 0.25) is 0 Å². The van der Waals surface area contributed by atoms with Crippen LogP contribution in [-0.4, -0.2) is 11.7 Å². The van der Waals surface area contributed by atoms with E-state index in [0.29, 0.717) is 6.54 Å². The Morgan fingerprint density at radius 3 is 2.30 bits per heavy atom. The van der Waals surface area contributed by atoms with E-state index >= 15 is 0 Å². The van der Waals surface area contributed by atoms with Crippen molar-refractivity contribution in [3.8, 4) is 0 Å². The molecule has 1 saturated carbocycles. The molecule has 3 heteroatoms. The van der Waals surface area contributed by atoms with E-state index in [1.165, 1.54) is 18.6 Å². The van der Waals surface area contributed by atoms with Crippen LogP contribution in [0, 0.1) is 17.2 Å². The molecule has 1 aromatic rings. The second-order valence-corrected chi connectivity index (χ2v) is 6.42. The Morgan fingerprint density at radius 1 is 1.30 bits per heavy atom. The molecule has 20 heavy (non-hydrogen) atoms. The van der Waals surface area contributed by atoms with Gasteiger partial charge in [-0.15, -0.1) is 0 Å². The highest BCUT2D eigenvalue weighted by atomic mass is 19.1. The number of hydrogen-bond acceptors (Lipinski definition) is 2. The van der Waals surface area contributed by atoms with Crippen LogP contribution >= 0.6 is 0 Å². The largest absolute Gasteiger partial charge is 0.385 e. The summed E-state index contributed by atoms with van der Waals surface area (Å²) in [6, 6.07) is 6.18. The van der Waals surface area contributed by atoms with Crippen molar-refractivity contribution in [2.75, 3.05) is 6.54 Å². The van der Waals surface area contributed by atoms with Crippen molar-refractivity contribution >= 4 is 0 Å². The van der Waals surface area contributed by atoms with Crippen LogP contribution in [0.5, 0.6) is 0 Å². The number of benzene rings is 1. The Kier molecular flexibility index (Phi) is 4.50. The molecule has 0 spiro atoms. The maximum atomic E-state index is 13.1. The Balaban J connectivity index is 2.27. The van der Waals surface area contributed by atoms with Gasteiger partial charge in [-0.3, -0.25) is 0 Å². The van der Waals surface area contributed by atoms with Gasteiger partial charge < -0.3 is 10.8 Å². The molecule has 1 aromatic carbocycles. The lowest BCUT2D eigenvalue weighted by Crippen LogP contribution is -2.50. The summed E-state index contributed by atoms with van der Waals surface area (Å²) in [6.07, 6.45) is 5.30. The third-order valence-electron chi connectivity index (χ3n) is 5.47. The molecule has 1 unspecified atom stereocenters. The maximum absolute atomic E-state index is 13.1. The molecule has 0 radical (unpaired) electrons. The standard InChI is InChI=1S/C17H26FNO/c1-3-13-8-10-17(12-19,11-9-13)16(2,20)14-4-6-15(18)7-5-14/h4-7,13,20H,3,8-12,19H2,1-2H3. The fraction of sp³-hybridized carbons (Fsp3) is 0.647. The number of aliphatic hydroxyl groups is 1. The van der Waals surface area contributed by atoms with Gasteiger partial charge in [-0.25, -0.2) is 4.39 Å². The van der Waals surface area contributed by atoms with Crippen LogP contribution in [0.3, 0.4) is 0 Å². The first-order chi connectivity index (χ1) is 9.45. The van der Waals surface area contributed by atoms with Crippen molar-refractivity contribution in [2.45, 2.75) is 51.6 Å². The lowest BCUT2D eigenvalue weighted by Gasteiger charge is -2.49. The zero-order chi connectivity index (χ0) is 14.8. The summed E-state index contributed by atoms with van der Waals surface area (Å²) in [7, 11) is 0. The highest BCUT2D eigenvalue weighted by molar-refractivity contribution is 5.26. The Labute approximate surface area is 121 Å². The van der Waals surface area contributed by atoms with Crippen molar-refractivity contribution < 1.29 is 9.50 Å². The summed E-state index contributed by atoms with van der Waals surface area (Å²) < 4.78 is 13.1. The molecular weight excluding hydrogens is 253 g/mol. The molecule has 0 heterocycles. The second kappa shape index (κ2) is 5.82. The molecule has 0 aliphatic heterocycles.